The Bertz CT molecular complexity index is 401. The summed E-state index contributed by atoms with van der Waals surface area (Å²) in [6.45, 7) is 4.11. The molecule has 2 atom stereocenters. The Kier molecular flexibility index (Phi) is 23.6. The van der Waals surface area contributed by atoms with Crippen molar-refractivity contribution in [1.82, 2.24) is 0 Å². The van der Waals surface area contributed by atoms with Gasteiger partial charge in [-0.05, 0) is 25.7 Å². The van der Waals surface area contributed by atoms with Gasteiger partial charge in [-0.15, -0.1) is 0 Å². The maximum absolute atomic E-state index is 11.3. The van der Waals surface area contributed by atoms with Gasteiger partial charge in [0, 0.05) is 5.25 Å². The molecule has 0 heterocycles. The van der Waals surface area contributed by atoms with Crippen LogP contribution in [0.2, 0.25) is 0 Å². The minimum absolute atomic E-state index is 0. The fourth-order valence-electron chi connectivity index (χ4n) is 3.41. The van der Waals surface area contributed by atoms with E-state index < -0.39 is 21.5 Å². The number of hydrogen-bond donors (Lipinski definition) is 1. The number of aliphatic hydroxyl groups excluding tert-OH is 1. The quantitative estimate of drug-likeness (QED) is 0.194. The maximum atomic E-state index is 11.3. The van der Waals surface area contributed by atoms with Crippen molar-refractivity contribution in [3.05, 3.63) is 0 Å². The van der Waals surface area contributed by atoms with Gasteiger partial charge in [0.25, 0.3) is 0 Å². The molecular weight excluding hydrogens is 387 g/mol. The average Bonchev–Trinajstić information content (AvgIpc) is 2.60. The van der Waals surface area contributed by atoms with E-state index in [1.54, 1.807) is 0 Å². The molecule has 1 N–H and O–H groups in total. The predicted octanol–water partition coefficient (Wildman–Crippen LogP) is 2.94. The first-order valence-electron chi connectivity index (χ1n) is 11.0. The van der Waals surface area contributed by atoms with Gasteiger partial charge in [0.15, 0.2) is 0 Å². The second-order valence-electron chi connectivity index (χ2n) is 7.79. The monoisotopic (exact) mass is 430 g/mol. The van der Waals surface area contributed by atoms with Crippen LogP contribution in [-0.2, 0) is 10.1 Å². The molecule has 0 aromatic rings. The molecule has 2 unspecified atom stereocenters. The van der Waals surface area contributed by atoms with Crippen LogP contribution in [0.1, 0.15) is 123 Å². The van der Waals surface area contributed by atoms with Crippen LogP contribution < -0.4 is 51.4 Å². The molecule has 0 saturated heterocycles. The van der Waals surface area contributed by atoms with Crippen molar-refractivity contribution >= 4 is 10.1 Å². The summed E-state index contributed by atoms with van der Waals surface area (Å²) in [5.41, 5.74) is 0. The standard InChI is InChI=1S/C21H44O4S.K/c1-3-5-6-7-8-9-10-11-12-13-14-15-16-17-21(26(23,24)25)19-18-20(22)4-2;/h20-22H,3-19H2,1-2H3,(H,23,24,25);/q;+1/p-1. The molecule has 0 aromatic heterocycles. The van der Waals surface area contributed by atoms with E-state index in [0.717, 1.165) is 19.3 Å². The van der Waals surface area contributed by atoms with Gasteiger partial charge in [0.1, 0.15) is 0 Å². The summed E-state index contributed by atoms with van der Waals surface area (Å²) in [5, 5.41) is 8.74. The fourth-order valence-corrected chi connectivity index (χ4v) is 4.29. The molecule has 158 valence electrons. The first-order chi connectivity index (χ1) is 12.4. The van der Waals surface area contributed by atoms with Crippen molar-refractivity contribution in [1.29, 1.82) is 0 Å². The summed E-state index contributed by atoms with van der Waals surface area (Å²) < 4.78 is 34.0. The third kappa shape index (κ3) is 20.6. The van der Waals surface area contributed by atoms with E-state index in [1.807, 2.05) is 6.92 Å². The van der Waals surface area contributed by atoms with Gasteiger partial charge in [-0.1, -0.05) is 97.3 Å². The van der Waals surface area contributed by atoms with Crippen LogP contribution in [0.15, 0.2) is 0 Å². The molecule has 0 fully saturated rings. The van der Waals surface area contributed by atoms with Crippen molar-refractivity contribution < 1.29 is 69.5 Å². The van der Waals surface area contributed by atoms with E-state index in [9.17, 15) is 18.1 Å². The second-order valence-corrected chi connectivity index (χ2v) is 9.44. The van der Waals surface area contributed by atoms with E-state index in [0.29, 0.717) is 25.7 Å². The molecule has 0 bridgehead atoms. The molecule has 0 rings (SSSR count). The normalized spacial score (nSPS) is 13.9. The first kappa shape index (κ1) is 30.7. The zero-order valence-corrected chi connectivity index (χ0v) is 22.2. The van der Waals surface area contributed by atoms with Crippen molar-refractivity contribution in [2.45, 2.75) is 134 Å². The third-order valence-electron chi connectivity index (χ3n) is 5.33. The van der Waals surface area contributed by atoms with Crippen LogP contribution in [0.3, 0.4) is 0 Å². The first-order valence-corrected chi connectivity index (χ1v) is 12.5. The van der Waals surface area contributed by atoms with E-state index in [-0.39, 0.29) is 51.4 Å². The Morgan fingerprint density at radius 3 is 1.48 bits per heavy atom. The molecule has 4 nitrogen and oxygen atoms in total. The molecule has 0 amide bonds. The predicted molar refractivity (Wildman–Crippen MR) is 109 cm³/mol. The van der Waals surface area contributed by atoms with Crippen LogP contribution >= 0.6 is 0 Å². The molecule has 27 heavy (non-hydrogen) atoms. The molecule has 0 aliphatic heterocycles. The summed E-state index contributed by atoms with van der Waals surface area (Å²) in [6, 6.07) is 0. The Morgan fingerprint density at radius 2 is 1.11 bits per heavy atom. The summed E-state index contributed by atoms with van der Waals surface area (Å²) in [7, 11) is -4.25. The molecule has 0 spiro atoms. The van der Waals surface area contributed by atoms with E-state index in [1.165, 1.54) is 64.2 Å². The van der Waals surface area contributed by atoms with Crippen LogP contribution in [0.4, 0.5) is 0 Å². The average molecular weight is 431 g/mol. The van der Waals surface area contributed by atoms with Crippen molar-refractivity contribution in [3.8, 4) is 0 Å². The van der Waals surface area contributed by atoms with Gasteiger partial charge in [0.05, 0.1) is 16.2 Å². The Hall–Kier alpha value is 1.51. The summed E-state index contributed by atoms with van der Waals surface area (Å²) in [4.78, 5) is 0. The Labute approximate surface area is 211 Å². The zero-order chi connectivity index (χ0) is 19.7. The smallest absolute Gasteiger partial charge is 0.748 e. The van der Waals surface area contributed by atoms with Crippen LogP contribution in [0, 0.1) is 0 Å². The van der Waals surface area contributed by atoms with Gasteiger partial charge in [-0.2, -0.15) is 0 Å². The van der Waals surface area contributed by atoms with Crippen LogP contribution in [-0.4, -0.2) is 29.4 Å². The second kappa shape index (κ2) is 20.8. The Morgan fingerprint density at radius 1 is 0.704 bits per heavy atom. The number of rotatable bonds is 19. The van der Waals surface area contributed by atoms with Gasteiger partial charge in [-0.25, -0.2) is 8.42 Å². The molecule has 0 aliphatic rings. The van der Waals surface area contributed by atoms with E-state index in [4.69, 9.17) is 0 Å². The maximum Gasteiger partial charge on any atom is 1.00 e. The Balaban J connectivity index is 0. The third-order valence-corrected chi connectivity index (χ3v) is 6.62. The van der Waals surface area contributed by atoms with Gasteiger partial charge < -0.3 is 9.66 Å². The molecule has 0 aromatic carbocycles. The van der Waals surface area contributed by atoms with Gasteiger partial charge in [0.2, 0.25) is 0 Å². The topological polar surface area (TPSA) is 77.4 Å². The molecule has 6 heteroatoms. The number of aliphatic hydroxyl groups is 1. The number of hydrogen-bond acceptors (Lipinski definition) is 4. The summed E-state index contributed by atoms with van der Waals surface area (Å²) in [6.07, 6.45) is 17.5. The molecule has 0 aliphatic carbocycles. The number of unbranched alkanes of at least 4 members (excludes halogenated alkanes) is 12. The summed E-state index contributed by atoms with van der Waals surface area (Å²) in [5.74, 6) is 0. The van der Waals surface area contributed by atoms with E-state index in [2.05, 4.69) is 6.92 Å². The van der Waals surface area contributed by atoms with Crippen molar-refractivity contribution in [2.24, 2.45) is 0 Å². The molecule has 0 saturated carbocycles. The summed E-state index contributed by atoms with van der Waals surface area (Å²) >= 11 is 0. The van der Waals surface area contributed by atoms with Crippen LogP contribution in [0.5, 0.6) is 0 Å². The molecular formula is C21H43KO4S. The minimum atomic E-state index is -4.25. The minimum Gasteiger partial charge on any atom is -0.748 e. The SMILES string of the molecule is CCCCCCCCCCCCCCCC(CCC(O)CC)S(=O)(=O)[O-].[K+]. The van der Waals surface area contributed by atoms with E-state index >= 15 is 0 Å². The molecule has 0 radical (unpaired) electrons. The van der Waals surface area contributed by atoms with Crippen molar-refractivity contribution in [3.63, 3.8) is 0 Å². The van der Waals surface area contributed by atoms with Gasteiger partial charge >= 0.3 is 51.4 Å². The fraction of sp³-hybridized carbons (Fsp3) is 1.00. The van der Waals surface area contributed by atoms with Gasteiger partial charge in [-0.3, -0.25) is 0 Å². The van der Waals surface area contributed by atoms with Crippen molar-refractivity contribution in [2.75, 3.05) is 0 Å². The largest absolute Gasteiger partial charge is 1.00 e. The zero-order valence-electron chi connectivity index (χ0n) is 18.3. The van der Waals surface area contributed by atoms with Crippen LogP contribution in [0.25, 0.3) is 0 Å².